The Kier molecular flexibility index (Phi) is 3.70. The van der Waals surface area contributed by atoms with E-state index in [-0.39, 0.29) is 6.04 Å². The summed E-state index contributed by atoms with van der Waals surface area (Å²) in [7, 11) is 0. The maximum absolute atomic E-state index is 11.0. The molecule has 0 heterocycles. The Morgan fingerprint density at radius 3 is 2.44 bits per heavy atom. The van der Waals surface area contributed by atoms with E-state index in [2.05, 4.69) is 5.32 Å². The Labute approximate surface area is 96.5 Å². The first-order valence-electron chi connectivity index (χ1n) is 5.41. The number of carboxylic acid groups (broad SMARTS) is 1. The predicted octanol–water partition coefficient (Wildman–Crippen LogP) is 2.51. The van der Waals surface area contributed by atoms with Gasteiger partial charge in [-0.2, -0.15) is 0 Å². The van der Waals surface area contributed by atoms with E-state index >= 15 is 0 Å². The molecule has 3 heteroatoms. The molecule has 0 bridgehead atoms. The lowest BCUT2D eigenvalue weighted by Gasteiger charge is -2.27. The molecule has 0 aliphatic rings. The molecule has 2 N–H and O–H groups in total. The molecular formula is C13H19NO2. The number of aryl methyl sites for hydroxylation is 1. The van der Waals surface area contributed by atoms with Crippen molar-refractivity contribution >= 4 is 5.97 Å². The minimum Gasteiger partial charge on any atom is -0.480 e. The van der Waals surface area contributed by atoms with Crippen molar-refractivity contribution < 1.29 is 9.90 Å². The van der Waals surface area contributed by atoms with E-state index in [9.17, 15) is 4.79 Å². The molecule has 0 fully saturated rings. The van der Waals surface area contributed by atoms with Crippen molar-refractivity contribution in [3.63, 3.8) is 0 Å². The van der Waals surface area contributed by atoms with Crippen LogP contribution in [-0.2, 0) is 4.79 Å². The third-order valence-corrected chi connectivity index (χ3v) is 2.77. The van der Waals surface area contributed by atoms with Crippen LogP contribution in [0, 0.1) is 6.92 Å². The van der Waals surface area contributed by atoms with Crippen LogP contribution in [0.3, 0.4) is 0 Å². The van der Waals surface area contributed by atoms with Gasteiger partial charge in [-0.1, -0.05) is 24.3 Å². The zero-order valence-corrected chi connectivity index (χ0v) is 10.2. The molecule has 0 amide bonds. The molecule has 1 aromatic rings. The lowest BCUT2D eigenvalue weighted by atomic mass is 9.98. The highest BCUT2D eigenvalue weighted by Crippen LogP contribution is 2.19. The Balaban J connectivity index is 2.85. The minimum absolute atomic E-state index is 0.0206. The van der Waals surface area contributed by atoms with E-state index in [1.54, 1.807) is 13.8 Å². The van der Waals surface area contributed by atoms with E-state index < -0.39 is 11.5 Å². The van der Waals surface area contributed by atoms with Gasteiger partial charge in [0.15, 0.2) is 0 Å². The van der Waals surface area contributed by atoms with Gasteiger partial charge in [0.2, 0.25) is 0 Å². The average molecular weight is 221 g/mol. The number of nitrogens with one attached hydrogen (secondary N) is 1. The van der Waals surface area contributed by atoms with Gasteiger partial charge in [0.05, 0.1) is 0 Å². The second-order valence-electron chi connectivity index (χ2n) is 4.65. The summed E-state index contributed by atoms with van der Waals surface area (Å²) < 4.78 is 0. The summed E-state index contributed by atoms with van der Waals surface area (Å²) in [5.41, 5.74) is 1.39. The molecule has 1 atom stereocenters. The lowest BCUT2D eigenvalue weighted by Crippen LogP contribution is -2.47. The van der Waals surface area contributed by atoms with Gasteiger partial charge in [0.1, 0.15) is 5.54 Å². The maximum Gasteiger partial charge on any atom is 0.323 e. The molecule has 0 aliphatic carbocycles. The van der Waals surface area contributed by atoms with Crippen LogP contribution in [0.1, 0.15) is 37.9 Å². The Hall–Kier alpha value is -1.35. The number of carbonyl (C=O) groups is 1. The van der Waals surface area contributed by atoms with Gasteiger partial charge in [-0.05, 0) is 38.8 Å². The van der Waals surface area contributed by atoms with E-state index in [0.29, 0.717) is 0 Å². The van der Waals surface area contributed by atoms with Gasteiger partial charge in [-0.15, -0.1) is 0 Å². The highest BCUT2D eigenvalue weighted by atomic mass is 16.4. The van der Waals surface area contributed by atoms with Crippen molar-refractivity contribution in [2.45, 2.75) is 39.3 Å². The summed E-state index contributed by atoms with van der Waals surface area (Å²) in [6.45, 7) is 7.35. The van der Waals surface area contributed by atoms with Gasteiger partial charge >= 0.3 is 5.97 Å². The molecule has 1 rings (SSSR count). The van der Waals surface area contributed by atoms with Crippen molar-refractivity contribution in [1.82, 2.24) is 5.32 Å². The summed E-state index contributed by atoms with van der Waals surface area (Å²) in [4.78, 5) is 11.0. The number of rotatable bonds is 4. The quantitative estimate of drug-likeness (QED) is 0.821. The monoisotopic (exact) mass is 221 g/mol. The second kappa shape index (κ2) is 4.66. The third kappa shape index (κ3) is 2.83. The molecule has 0 aromatic heterocycles. The Morgan fingerprint density at radius 2 is 1.94 bits per heavy atom. The van der Waals surface area contributed by atoms with Crippen LogP contribution in [0.15, 0.2) is 24.3 Å². The van der Waals surface area contributed by atoms with Crippen LogP contribution in [0.4, 0.5) is 0 Å². The molecule has 1 unspecified atom stereocenters. The van der Waals surface area contributed by atoms with E-state index in [4.69, 9.17) is 5.11 Å². The standard InChI is InChI=1S/C13H19NO2/c1-9-7-5-6-8-11(9)10(2)14-13(3,4)12(15)16/h5-8,10,14H,1-4H3,(H,15,16). The molecule has 0 radical (unpaired) electrons. The van der Waals surface area contributed by atoms with Crippen molar-refractivity contribution in [3.8, 4) is 0 Å². The lowest BCUT2D eigenvalue weighted by molar-refractivity contribution is -0.143. The molecule has 88 valence electrons. The number of aliphatic carboxylic acids is 1. The first-order valence-corrected chi connectivity index (χ1v) is 5.41. The zero-order valence-electron chi connectivity index (χ0n) is 10.2. The van der Waals surface area contributed by atoms with Crippen LogP contribution in [0.5, 0.6) is 0 Å². The largest absolute Gasteiger partial charge is 0.480 e. The fourth-order valence-electron chi connectivity index (χ4n) is 1.75. The second-order valence-corrected chi connectivity index (χ2v) is 4.65. The molecule has 0 saturated carbocycles. The van der Waals surface area contributed by atoms with Crippen LogP contribution in [0.2, 0.25) is 0 Å². The minimum atomic E-state index is -0.915. The van der Waals surface area contributed by atoms with Gasteiger partial charge < -0.3 is 5.11 Å². The maximum atomic E-state index is 11.0. The summed E-state index contributed by atoms with van der Waals surface area (Å²) in [5, 5.41) is 12.2. The van der Waals surface area contributed by atoms with Crippen LogP contribution < -0.4 is 5.32 Å². The SMILES string of the molecule is Cc1ccccc1C(C)NC(C)(C)C(=O)O. The van der Waals surface area contributed by atoms with E-state index in [1.165, 1.54) is 5.56 Å². The van der Waals surface area contributed by atoms with Gasteiger partial charge in [0, 0.05) is 6.04 Å². The topological polar surface area (TPSA) is 49.3 Å². The summed E-state index contributed by atoms with van der Waals surface area (Å²) in [5.74, 6) is -0.840. The number of hydrogen-bond donors (Lipinski definition) is 2. The van der Waals surface area contributed by atoms with E-state index in [1.807, 2.05) is 38.1 Å². The molecule has 1 aromatic carbocycles. The highest BCUT2D eigenvalue weighted by Gasteiger charge is 2.28. The molecular weight excluding hydrogens is 202 g/mol. The molecule has 0 aliphatic heterocycles. The molecule has 0 saturated heterocycles. The van der Waals surface area contributed by atoms with Gasteiger partial charge in [0.25, 0.3) is 0 Å². The average Bonchev–Trinajstić information content (AvgIpc) is 2.17. The van der Waals surface area contributed by atoms with Crippen molar-refractivity contribution in [1.29, 1.82) is 0 Å². The number of hydrogen-bond acceptors (Lipinski definition) is 2. The zero-order chi connectivity index (χ0) is 12.3. The van der Waals surface area contributed by atoms with Crippen molar-refractivity contribution in [2.75, 3.05) is 0 Å². The molecule has 3 nitrogen and oxygen atoms in total. The van der Waals surface area contributed by atoms with Gasteiger partial charge in [-0.25, -0.2) is 0 Å². The summed E-state index contributed by atoms with van der Waals surface area (Å²) >= 11 is 0. The molecule has 16 heavy (non-hydrogen) atoms. The smallest absolute Gasteiger partial charge is 0.323 e. The fraction of sp³-hybridized carbons (Fsp3) is 0.462. The number of carboxylic acids is 1. The van der Waals surface area contributed by atoms with Gasteiger partial charge in [-0.3, -0.25) is 10.1 Å². The summed E-state index contributed by atoms with van der Waals surface area (Å²) in [6, 6.07) is 8.02. The van der Waals surface area contributed by atoms with Crippen LogP contribution >= 0.6 is 0 Å². The van der Waals surface area contributed by atoms with E-state index in [0.717, 1.165) is 5.56 Å². The van der Waals surface area contributed by atoms with Crippen molar-refractivity contribution in [3.05, 3.63) is 35.4 Å². The first kappa shape index (κ1) is 12.7. The van der Waals surface area contributed by atoms with Crippen molar-refractivity contribution in [2.24, 2.45) is 0 Å². The predicted molar refractivity (Wildman–Crippen MR) is 64.4 cm³/mol. The fourth-order valence-corrected chi connectivity index (χ4v) is 1.75. The van der Waals surface area contributed by atoms with Crippen LogP contribution in [-0.4, -0.2) is 16.6 Å². The highest BCUT2D eigenvalue weighted by molar-refractivity contribution is 5.77. The Morgan fingerprint density at radius 1 is 1.38 bits per heavy atom. The number of benzene rings is 1. The first-order chi connectivity index (χ1) is 7.34. The normalized spacial score (nSPS) is 13.5. The van der Waals surface area contributed by atoms with Crippen LogP contribution in [0.25, 0.3) is 0 Å². The summed E-state index contributed by atoms with van der Waals surface area (Å²) in [6.07, 6.45) is 0. The third-order valence-electron chi connectivity index (χ3n) is 2.77. The Bertz CT molecular complexity index is 385. The molecule has 0 spiro atoms.